The first-order valence-electron chi connectivity index (χ1n) is 7.63. The van der Waals surface area contributed by atoms with Gasteiger partial charge in [0.15, 0.2) is 0 Å². The lowest BCUT2D eigenvalue weighted by Gasteiger charge is -2.31. The van der Waals surface area contributed by atoms with Crippen LogP contribution in [0.15, 0.2) is 42.9 Å². The van der Waals surface area contributed by atoms with Crippen molar-refractivity contribution in [3.05, 3.63) is 59.7 Å². The molecule has 1 atom stereocenters. The third kappa shape index (κ3) is 3.70. The molecule has 1 unspecified atom stereocenters. The number of aryl methyl sites for hydroxylation is 1. The fraction of sp³-hybridized carbons (Fsp3) is 0.389. The minimum atomic E-state index is -0.0717. The summed E-state index contributed by atoms with van der Waals surface area (Å²) < 4.78 is 0. The summed E-state index contributed by atoms with van der Waals surface area (Å²) in [4.78, 5) is 22.9. The minimum Gasteiger partial charge on any atom is -0.330 e. The zero-order chi connectivity index (χ0) is 16.1. The van der Waals surface area contributed by atoms with Gasteiger partial charge in [0, 0.05) is 18.9 Å². The van der Waals surface area contributed by atoms with E-state index in [1.807, 2.05) is 17.0 Å². The van der Waals surface area contributed by atoms with Crippen molar-refractivity contribution in [3.8, 4) is 0 Å². The predicted molar refractivity (Wildman–Crippen MR) is 87.5 cm³/mol. The molecule has 0 saturated carbocycles. The molecule has 2 rings (SSSR count). The van der Waals surface area contributed by atoms with E-state index < -0.39 is 0 Å². The second-order valence-corrected chi connectivity index (χ2v) is 5.97. The first-order chi connectivity index (χ1) is 10.5. The van der Waals surface area contributed by atoms with Crippen molar-refractivity contribution in [3.63, 3.8) is 0 Å². The fourth-order valence-corrected chi connectivity index (χ4v) is 2.59. The molecule has 0 fully saturated rings. The van der Waals surface area contributed by atoms with Gasteiger partial charge in [-0.15, -0.1) is 0 Å². The molecule has 116 valence electrons. The summed E-state index contributed by atoms with van der Waals surface area (Å²) >= 11 is 0. The van der Waals surface area contributed by atoms with Crippen LogP contribution in [0.3, 0.4) is 0 Å². The van der Waals surface area contributed by atoms with Crippen molar-refractivity contribution < 1.29 is 4.79 Å². The Hall–Kier alpha value is -2.23. The summed E-state index contributed by atoms with van der Waals surface area (Å²) in [7, 11) is 0. The van der Waals surface area contributed by atoms with Gasteiger partial charge in [-0.2, -0.15) is 0 Å². The molecule has 0 radical (unpaired) electrons. The van der Waals surface area contributed by atoms with Crippen molar-refractivity contribution in [2.75, 3.05) is 6.54 Å². The second kappa shape index (κ2) is 7.16. The van der Waals surface area contributed by atoms with E-state index >= 15 is 0 Å². The number of hydrogen-bond acceptors (Lipinski definition) is 3. The molecular formula is C18H23N3O. The molecule has 2 aromatic rings. The van der Waals surface area contributed by atoms with Crippen LogP contribution >= 0.6 is 0 Å². The Kier molecular flexibility index (Phi) is 5.26. The number of benzene rings is 1. The SMILES string of the molecule is Cc1ccccc1C(C)N(CC(C)C)C(=O)c1cnccn1. The highest BCUT2D eigenvalue weighted by molar-refractivity contribution is 5.92. The van der Waals surface area contributed by atoms with Crippen LogP contribution in [0.2, 0.25) is 0 Å². The third-order valence-electron chi connectivity index (χ3n) is 3.71. The lowest BCUT2D eigenvalue weighted by molar-refractivity contribution is 0.0658. The molecule has 1 heterocycles. The number of carbonyl (C=O) groups is 1. The van der Waals surface area contributed by atoms with E-state index in [0.717, 1.165) is 0 Å². The quantitative estimate of drug-likeness (QED) is 0.846. The molecule has 0 aliphatic rings. The molecule has 0 N–H and O–H groups in total. The Labute approximate surface area is 132 Å². The maximum Gasteiger partial charge on any atom is 0.274 e. The molecule has 4 heteroatoms. The van der Waals surface area contributed by atoms with E-state index in [1.54, 1.807) is 12.4 Å². The summed E-state index contributed by atoms with van der Waals surface area (Å²) in [6, 6.07) is 8.18. The predicted octanol–water partition coefficient (Wildman–Crippen LogP) is 3.64. The molecule has 1 aromatic carbocycles. The van der Waals surface area contributed by atoms with E-state index in [0.29, 0.717) is 18.2 Å². The molecule has 1 amide bonds. The smallest absolute Gasteiger partial charge is 0.274 e. The van der Waals surface area contributed by atoms with Gasteiger partial charge >= 0.3 is 0 Å². The van der Waals surface area contributed by atoms with Gasteiger partial charge in [-0.25, -0.2) is 4.98 Å². The van der Waals surface area contributed by atoms with Gasteiger partial charge in [0.05, 0.1) is 12.2 Å². The summed E-state index contributed by atoms with van der Waals surface area (Å²) in [5.41, 5.74) is 2.75. The van der Waals surface area contributed by atoms with Crippen LogP contribution in [0.1, 0.15) is 48.4 Å². The molecule has 0 aliphatic heterocycles. The highest BCUT2D eigenvalue weighted by atomic mass is 16.2. The van der Waals surface area contributed by atoms with Crippen LogP contribution in [0.25, 0.3) is 0 Å². The molecule has 22 heavy (non-hydrogen) atoms. The highest BCUT2D eigenvalue weighted by Gasteiger charge is 2.25. The minimum absolute atomic E-state index is 0.00175. The molecule has 0 spiro atoms. The van der Waals surface area contributed by atoms with Gasteiger partial charge < -0.3 is 4.90 Å². The molecule has 4 nitrogen and oxygen atoms in total. The normalized spacial score (nSPS) is 12.2. The van der Waals surface area contributed by atoms with Crippen LogP contribution in [0.4, 0.5) is 0 Å². The number of hydrogen-bond donors (Lipinski definition) is 0. The Morgan fingerprint density at radius 2 is 1.91 bits per heavy atom. The summed E-state index contributed by atoms with van der Waals surface area (Å²) in [5.74, 6) is 0.310. The van der Waals surface area contributed by atoms with E-state index in [9.17, 15) is 4.79 Å². The molecule has 0 aliphatic carbocycles. The van der Waals surface area contributed by atoms with Crippen LogP contribution < -0.4 is 0 Å². The zero-order valence-electron chi connectivity index (χ0n) is 13.7. The van der Waals surface area contributed by atoms with Crippen molar-refractivity contribution in [1.29, 1.82) is 0 Å². The highest BCUT2D eigenvalue weighted by Crippen LogP contribution is 2.25. The fourth-order valence-electron chi connectivity index (χ4n) is 2.59. The Balaban J connectivity index is 2.34. The van der Waals surface area contributed by atoms with Crippen LogP contribution in [0.5, 0.6) is 0 Å². The second-order valence-electron chi connectivity index (χ2n) is 5.97. The topological polar surface area (TPSA) is 46.1 Å². The number of rotatable bonds is 5. The van der Waals surface area contributed by atoms with Gasteiger partial charge in [-0.1, -0.05) is 38.1 Å². The van der Waals surface area contributed by atoms with Crippen LogP contribution in [-0.4, -0.2) is 27.3 Å². The molecule has 1 aromatic heterocycles. The number of amides is 1. The van der Waals surface area contributed by atoms with Crippen molar-refractivity contribution >= 4 is 5.91 Å². The van der Waals surface area contributed by atoms with E-state index in [4.69, 9.17) is 0 Å². The standard InChI is InChI=1S/C18H23N3O/c1-13(2)12-21(18(22)17-11-19-9-10-20-17)15(4)16-8-6-5-7-14(16)3/h5-11,13,15H,12H2,1-4H3. The van der Waals surface area contributed by atoms with E-state index in [-0.39, 0.29) is 11.9 Å². The average molecular weight is 297 g/mol. The number of aromatic nitrogens is 2. The van der Waals surface area contributed by atoms with Crippen molar-refractivity contribution in [2.45, 2.75) is 33.7 Å². The maximum absolute atomic E-state index is 12.8. The Morgan fingerprint density at radius 3 is 2.50 bits per heavy atom. The first-order valence-corrected chi connectivity index (χ1v) is 7.63. The summed E-state index contributed by atoms with van der Waals surface area (Å²) in [5, 5.41) is 0. The van der Waals surface area contributed by atoms with Gasteiger partial charge in [-0.3, -0.25) is 9.78 Å². The van der Waals surface area contributed by atoms with Crippen molar-refractivity contribution in [1.82, 2.24) is 14.9 Å². The molecule has 0 saturated heterocycles. The van der Waals surface area contributed by atoms with Gasteiger partial charge in [0.1, 0.15) is 5.69 Å². The van der Waals surface area contributed by atoms with E-state index in [1.165, 1.54) is 17.3 Å². The monoisotopic (exact) mass is 297 g/mol. The number of carbonyl (C=O) groups excluding carboxylic acids is 1. The summed E-state index contributed by atoms with van der Waals surface area (Å²) in [6.45, 7) is 9.05. The van der Waals surface area contributed by atoms with Crippen LogP contribution in [-0.2, 0) is 0 Å². The first kappa shape index (κ1) is 16.1. The molecular weight excluding hydrogens is 274 g/mol. The van der Waals surface area contributed by atoms with Gasteiger partial charge in [0.2, 0.25) is 0 Å². The number of nitrogens with zero attached hydrogens (tertiary/aromatic N) is 3. The average Bonchev–Trinajstić information content (AvgIpc) is 2.52. The third-order valence-corrected chi connectivity index (χ3v) is 3.71. The lowest BCUT2D eigenvalue weighted by Crippen LogP contribution is -2.37. The zero-order valence-corrected chi connectivity index (χ0v) is 13.7. The summed E-state index contributed by atoms with van der Waals surface area (Å²) in [6.07, 6.45) is 4.66. The Bertz CT molecular complexity index is 625. The van der Waals surface area contributed by atoms with Crippen molar-refractivity contribution in [2.24, 2.45) is 5.92 Å². The lowest BCUT2D eigenvalue weighted by atomic mass is 10.00. The van der Waals surface area contributed by atoms with Crippen LogP contribution in [0, 0.1) is 12.8 Å². The maximum atomic E-state index is 12.8. The Morgan fingerprint density at radius 1 is 1.18 bits per heavy atom. The van der Waals surface area contributed by atoms with E-state index in [2.05, 4.69) is 49.8 Å². The van der Waals surface area contributed by atoms with Gasteiger partial charge in [-0.05, 0) is 30.9 Å². The molecule has 0 bridgehead atoms. The van der Waals surface area contributed by atoms with Gasteiger partial charge in [0.25, 0.3) is 5.91 Å². The largest absolute Gasteiger partial charge is 0.330 e.